The van der Waals surface area contributed by atoms with Gasteiger partial charge in [-0.15, -0.1) is 0 Å². The number of hydrogen-bond acceptors (Lipinski definition) is 5. The summed E-state index contributed by atoms with van der Waals surface area (Å²) in [5.74, 6) is -1.89. The number of phenols is 1. The summed E-state index contributed by atoms with van der Waals surface area (Å²) in [6, 6.07) is 2.62. The Hall–Kier alpha value is -2.13. The SMILES string of the molecule is CCC1CNC/C1=C/c1ccc(O)c(N2CC(=O)NS2(=O)=O)c1F. The Kier molecular flexibility index (Phi) is 4.22. The molecule has 130 valence electrons. The van der Waals surface area contributed by atoms with Gasteiger partial charge in [0.15, 0.2) is 5.82 Å². The second-order valence-electron chi connectivity index (χ2n) is 5.83. The van der Waals surface area contributed by atoms with Gasteiger partial charge in [0, 0.05) is 18.7 Å². The Balaban J connectivity index is 2.06. The molecule has 2 saturated heterocycles. The fourth-order valence-electron chi connectivity index (χ4n) is 3.01. The summed E-state index contributed by atoms with van der Waals surface area (Å²) in [4.78, 5) is 11.4. The molecule has 0 radical (unpaired) electrons. The van der Waals surface area contributed by atoms with Crippen LogP contribution in [0.15, 0.2) is 17.7 Å². The predicted molar refractivity (Wildman–Crippen MR) is 87.1 cm³/mol. The summed E-state index contributed by atoms with van der Waals surface area (Å²) in [5, 5.41) is 13.1. The molecule has 1 unspecified atom stereocenters. The fourth-order valence-corrected chi connectivity index (χ4v) is 4.17. The molecule has 0 saturated carbocycles. The molecule has 1 atom stereocenters. The van der Waals surface area contributed by atoms with Crippen molar-refractivity contribution in [2.24, 2.45) is 5.92 Å². The lowest BCUT2D eigenvalue weighted by molar-refractivity contribution is -0.117. The molecule has 0 aromatic heterocycles. The lowest BCUT2D eigenvalue weighted by atomic mass is 9.97. The Bertz CT molecular complexity index is 822. The lowest BCUT2D eigenvalue weighted by Crippen LogP contribution is -2.30. The molecule has 2 fully saturated rings. The van der Waals surface area contributed by atoms with Crippen molar-refractivity contribution in [3.63, 3.8) is 0 Å². The summed E-state index contributed by atoms with van der Waals surface area (Å²) in [7, 11) is -4.19. The van der Waals surface area contributed by atoms with Gasteiger partial charge in [0.05, 0.1) is 0 Å². The van der Waals surface area contributed by atoms with Crippen molar-refractivity contribution in [3.8, 4) is 5.75 Å². The van der Waals surface area contributed by atoms with Gasteiger partial charge in [-0.2, -0.15) is 8.42 Å². The second kappa shape index (κ2) is 6.06. The highest BCUT2D eigenvalue weighted by atomic mass is 32.2. The molecule has 0 bridgehead atoms. The van der Waals surface area contributed by atoms with E-state index in [2.05, 4.69) is 5.32 Å². The first-order valence-electron chi connectivity index (χ1n) is 7.59. The molecule has 2 aliphatic rings. The van der Waals surface area contributed by atoms with E-state index in [9.17, 15) is 22.7 Å². The fraction of sp³-hybridized carbons (Fsp3) is 0.400. The van der Waals surface area contributed by atoms with Crippen LogP contribution in [0.2, 0.25) is 0 Å². The normalized spacial score (nSPS) is 24.6. The van der Waals surface area contributed by atoms with Crippen LogP contribution in [0, 0.1) is 11.7 Å². The van der Waals surface area contributed by atoms with Gasteiger partial charge in [0.25, 0.3) is 5.91 Å². The molecule has 0 aliphatic carbocycles. The van der Waals surface area contributed by atoms with Crippen molar-refractivity contribution in [2.75, 3.05) is 23.9 Å². The van der Waals surface area contributed by atoms with Crippen LogP contribution < -0.4 is 14.3 Å². The Labute approximate surface area is 139 Å². The van der Waals surface area contributed by atoms with Gasteiger partial charge in [-0.1, -0.05) is 18.6 Å². The summed E-state index contributed by atoms with van der Waals surface area (Å²) < 4.78 is 41.0. The number of carbonyl (C=O) groups excluding carboxylic acids is 1. The largest absolute Gasteiger partial charge is 0.506 e. The van der Waals surface area contributed by atoms with Crippen LogP contribution >= 0.6 is 0 Å². The van der Waals surface area contributed by atoms with E-state index in [1.165, 1.54) is 12.1 Å². The van der Waals surface area contributed by atoms with E-state index in [0.29, 0.717) is 16.8 Å². The molecular weight excluding hydrogens is 337 g/mol. The van der Waals surface area contributed by atoms with E-state index in [0.717, 1.165) is 18.5 Å². The minimum atomic E-state index is -4.19. The molecule has 1 aromatic rings. The Morgan fingerprint density at radius 3 is 2.83 bits per heavy atom. The van der Waals surface area contributed by atoms with Gasteiger partial charge >= 0.3 is 10.2 Å². The zero-order valence-electron chi connectivity index (χ0n) is 13.0. The van der Waals surface area contributed by atoms with Crippen LogP contribution in [-0.2, 0) is 15.0 Å². The van der Waals surface area contributed by atoms with E-state index in [-0.39, 0.29) is 5.56 Å². The topological polar surface area (TPSA) is 98.7 Å². The molecule has 0 spiro atoms. The van der Waals surface area contributed by atoms with Crippen molar-refractivity contribution < 1.29 is 22.7 Å². The molecule has 7 nitrogen and oxygen atoms in total. The zero-order valence-corrected chi connectivity index (χ0v) is 13.9. The van der Waals surface area contributed by atoms with Crippen molar-refractivity contribution in [2.45, 2.75) is 13.3 Å². The molecule has 9 heteroatoms. The molecule has 1 amide bonds. The van der Waals surface area contributed by atoms with E-state index in [4.69, 9.17) is 0 Å². The van der Waals surface area contributed by atoms with Crippen LogP contribution in [0.1, 0.15) is 18.9 Å². The third-order valence-electron chi connectivity index (χ3n) is 4.27. The number of benzene rings is 1. The first-order chi connectivity index (χ1) is 11.3. The third-order valence-corrected chi connectivity index (χ3v) is 5.65. The number of nitrogens with one attached hydrogen (secondary N) is 2. The smallest absolute Gasteiger partial charge is 0.326 e. The molecule has 2 heterocycles. The van der Waals surface area contributed by atoms with E-state index in [1.54, 1.807) is 10.8 Å². The first kappa shape index (κ1) is 16.7. The number of amides is 1. The number of halogens is 1. The van der Waals surface area contributed by atoms with Crippen LogP contribution in [0.5, 0.6) is 5.75 Å². The Morgan fingerprint density at radius 1 is 1.46 bits per heavy atom. The van der Waals surface area contributed by atoms with Gasteiger partial charge in [-0.05, 0) is 24.5 Å². The third kappa shape index (κ3) is 2.84. The highest BCUT2D eigenvalue weighted by Crippen LogP contribution is 2.36. The number of phenolic OH excluding ortho intramolecular Hbond substituents is 1. The molecular formula is C15H18FN3O4S. The van der Waals surface area contributed by atoms with Gasteiger partial charge in [0.1, 0.15) is 18.0 Å². The summed E-state index contributed by atoms with van der Waals surface area (Å²) >= 11 is 0. The molecule has 2 aliphatic heterocycles. The van der Waals surface area contributed by atoms with Crippen LogP contribution in [0.25, 0.3) is 6.08 Å². The van der Waals surface area contributed by atoms with Crippen molar-refractivity contribution >= 4 is 27.9 Å². The molecule has 3 N–H and O–H groups in total. The van der Waals surface area contributed by atoms with Crippen LogP contribution in [-0.4, -0.2) is 39.1 Å². The lowest BCUT2D eigenvalue weighted by Gasteiger charge is -2.18. The second-order valence-corrected chi connectivity index (χ2v) is 7.42. The van der Waals surface area contributed by atoms with Gasteiger partial charge < -0.3 is 10.4 Å². The highest BCUT2D eigenvalue weighted by molar-refractivity contribution is 7.92. The van der Waals surface area contributed by atoms with E-state index in [1.807, 2.05) is 6.92 Å². The predicted octanol–water partition coefficient (Wildman–Crippen LogP) is 0.725. The highest BCUT2D eigenvalue weighted by Gasteiger charge is 2.37. The summed E-state index contributed by atoms with van der Waals surface area (Å²) in [6.45, 7) is 2.92. The number of aromatic hydroxyl groups is 1. The van der Waals surface area contributed by atoms with Gasteiger partial charge in [-0.3, -0.25) is 4.79 Å². The van der Waals surface area contributed by atoms with Crippen molar-refractivity contribution in [1.29, 1.82) is 0 Å². The van der Waals surface area contributed by atoms with Crippen LogP contribution in [0.4, 0.5) is 10.1 Å². The van der Waals surface area contributed by atoms with Crippen molar-refractivity contribution in [3.05, 3.63) is 29.1 Å². The number of rotatable bonds is 3. The Morgan fingerprint density at radius 2 is 2.21 bits per heavy atom. The molecule has 24 heavy (non-hydrogen) atoms. The quantitative estimate of drug-likeness (QED) is 0.742. The maximum atomic E-state index is 14.9. The standard InChI is InChI=1S/C15H18FN3O4S/c1-2-9-6-17-7-11(9)5-10-3-4-12(20)15(14(10)16)19-8-13(21)18-24(19,22)23/h3-5,9,17,20H,2,6-8H2,1H3,(H,18,21)/b11-5-. The number of anilines is 1. The zero-order chi connectivity index (χ0) is 17.5. The maximum Gasteiger partial charge on any atom is 0.326 e. The minimum absolute atomic E-state index is 0.175. The number of hydrogen-bond donors (Lipinski definition) is 3. The van der Waals surface area contributed by atoms with E-state index >= 15 is 0 Å². The number of carbonyl (C=O) groups is 1. The monoisotopic (exact) mass is 355 g/mol. The maximum absolute atomic E-state index is 14.9. The average molecular weight is 355 g/mol. The summed E-state index contributed by atoms with van der Waals surface area (Å²) in [5.41, 5.74) is 0.683. The van der Waals surface area contributed by atoms with Gasteiger partial charge in [0.2, 0.25) is 0 Å². The summed E-state index contributed by atoms with van der Waals surface area (Å²) in [6.07, 6.45) is 2.58. The van der Waals surface area contributed by atoms with Gasteiger partial charge in [-0.25, -0.2) is 13.4 Å². The molecule has 1 aromatic carbocycles. The van der Waals surface area contributed by atoms with Crippen LogP contribution in [0.3, 0.4) is 0 Å². The number of nitrogens with zero attached hydrogens (tertiary/aromatic N) is 1. The molecule has 3 rings (SSSR count). The average Bonchev–Trinajstić information content (AvgIpc) is 3.06. The first-order valence-corrected chi connectivity index (χ1v) is 9.03. The van der Waals surface area contributed by atoms with E-state index < -0.39 is 39.9 Å². The van der Waals surface area contributed by atoms with Crippen molar-refractivity contribution in [1.82, 2.24) is 10.0 Å². The minimum Gasteiger partial charge on any atom is -0.506 e.